The first-order chi connectivity index (χ1) is 9.90. The van der Waals surface area contributed by atoms with E-state index in [1.807, 2.05) is 30.3 Å². The van der Waals surface area contributed by atoms with Crippen LogP contribution in [0.5, 0.6) is 5.75 Å². The lowest BCUT2D eigenvalue weighted by Crippen LogP contribution is -2.21. The summed E-state index contributed by atoms with van der Waals surface area (Å²) in [6.07, 6.45) is 4.40. The number of para-hydroxylation sites is 1. The molecule has 3 rings (SSSR count). The van der Waals surface area contributed by atoms with Crippen LogP contribution in [0.4, 0.5) is 0 Å². The van der Waals surface area contributed by atoms with Crippen LogP contribution in [0.3, 0.4) is 0 Å². The van der Waals surface area contributed by atoms with Crippen LogP contribution in [0.1, 0.15) is 31.0 Å². The molecule has 2 aromatic rings. The first kappa shape index (κ1) is 13.1. The third-order valence-corrected chi connectivity index (χ3v) is 3.49. The van der Waals surface area contributed by atoms with Crippen LogP contribution in [-0.2, 0) is 13.0 Å². The summed E-state index contributed by atoms with van der Waals surface area (Å²) in [6, 6.07) is 10.2. The number of aryl methyl sites for hydroxylation is 1. The minimum Gasteiger partial charge on any atom is -0.485 e. The third kappa shape index (κ3) is 3.57. The van der Waals surface area contributed by atoms with Crippen molar-refractivity contribution < 1.29 is 9.26 Å². The molecule has 1 unspecified atom stereocenters. The van der Waals surface area contributed by atoms with Crippen LogP contribution in [-0.4, -0.2) is 22.7 Å². The number of benzene rings is 1. The van der Waals surface area contributed by atoms with E-state index in [0.29, 0.717) is 24.4 Å². The van der Waals surface area contributed by atoms with Crippen LogP contribution in [0.25, 0.3) is 0 Å². The van der Waals surface area contributed by atoms with Gasteiger partial charge in [-0.2, -0.15) is 4.98 Å². The molecule has 1 N–H and O–H groups in total. The summed E-state index contributed by atoms with van der Waals surface area (Å²) in [5.41, 5.74) is 0. The van der Waals surface area contributed by atoms with Gasteiger partial charge in [0, 0.05) is 12.5 Å². The molecule has 2 heterocycles. The van der Waals surface area contributed by atoms with E-state index in [1.165, 1.54) is 12.8 Å². The second-order valence-corrected chi connectivity index (χ2v) is 5.04. The molecule has 106 valence electrons. The van der Waals surface area contributed by atoms with Crippen LogP contribution >= 0.6 is 0 Å². The smallest absolute Gasteiger partial charge is 0.226 e. The number of hydrogen-bond donors (Lipinski definition) is 1. The average molecular weight is 273 g/mol. The normalized spacial score (nSPS) is 18.3. The van der Waals surface area contributed by atoms with E-state index in [4.69, 9.17) is 9.26 Å². The molecular formula is C15H19N3O2. The molecule has 1 atom stereocenters. The Bertz CT molecular complexity index is 521. The molecule has 5 heteroatoms. The summed E-state index contributed by atoms with van der Waals surface area (Å²) in [4.78, 5) is 4.36. The highest BCUT2D eigenvalue weighted by molar-refractivity contribution is 5.20. The Hall–Kier alpha value is -1.88. The summed E-state index contributed by atoms with van der Waals surface area (Å²) in [5.74, 6) is 2.11. The molecule has 0 radical (unpaired) electrons. The molecular weight excluding hydrogens is 254 g/mol. The summed E-state index contributed by atoms with van der Waals surface area (Å²) >= 11 is 0. The van der Waals surface area contributed by atoms with Gasteiger partial charge in [0.05, 0.1) is 0 Å². The summed E-state index contributed by atoms with van der Waals surface area (Å²) in [6.45, 7) is 1.47. The van der Waals surface area contributed by atoms with Crippen molar-refractivity contribution in [2.45, 2.75) is 38.3 Å². The molecule has 0 aliphatic carbocycles. The van der Waals surface area contributed by atoms with E-state index in [2.05, 4.69) is 15.5 Å². The quantitative estimate of drug-likeness (QED) is 0.875. The van der Waals surface area contributed by atoms with Gasteiger partial charge in [0.15, 0.2) is 6.61 Å². The molecule has 1 saturated heterocycles. The van der Waals surface area contributed by atoms with Crippen molar-refractivity contribution in [1.29, 1.82) is 0 Å². The molecule has 1 aromatic carbocycles. The first-order valence-corrected chi connectivity index (χ1v) is 7.13. The van der Waals surface area contributed by atoms with Gasteiger partial charge in [0.1, 0.15) is 5.75 Å². The number of nitrogens with zero attached hydrogens (tertiary/aromatic N) is 2. The molecule has 1 fully saturated rings. The predicted octanol–water partition coefficient (Wildman–Crippen LogP) is 2.33. The van der Waals surface area contributed by atoms with E-state index in [0.717, 1.165) is 25.1 Å². The molecule has 1 aromatic heterocycles. The highest BCUT2D eigenvalue weighted by atomic mass is 16.5. The van der Waals surface area contributed by atoms with Crippen molar-refractivity contribution in [3.8, 4) is 5.75 Å². The highest BCUT2D eigenvalue weighted by Gasteiger charge is 2.15. The fourth-order valence-corrected chi connectivity index (χ4v) is 2.42. The molecule has 1 aliphatic rings. The SMILES string of the molecule is c1ccc(OCc2noc(CCC3CCCN3)n2)cc1. The topological polar surface area (TPSA) is 60.2 Å². The van der Waals surface area contributed by atoms with Gasteiger partial charge in [0.2, 0.25) is 11.7 Å². The minimum absolute atomic E-state index is 0.342. The Labute approximate surface area is 118 Å². The lowest BCUT2D eigenvalue weighted by Gasteiger charge is -2.06. The largest absolute Gasteiger partial charge is 0.485 e. The van der Waals surface area contributed by atoms with Gasteiger partial charge in [-0.15, -0.1) is 0 Å². The van der Waals surface area contributed by atoms with Gasteiger partial charge in [-0.05, 0) is 37.9 Å². The lowest BCUT2D eigenvalue weighted by molar-refractivity contribution is 0.285. The zero-order chi connectivity index (χ0) is 13.6. The lowest BCUT2D eigenvalue weighted by atomic mass is 10.1. The van der Waals surface area contributed by atoms with Crippen molar-refractivity contribution in [2.75, 3.05) is 6.54 Å². The average Bonchev–Trinajstić information content (AvgIpc) is 3.16. The van der Waals surface area contributed by atoms with Crippen LogP contribution in [0.15, 0.2) is 34.9 Å². The van der Waals surface area contributed by atoms with Gasteiger partial charge in [-0.25, -0.2) is 0 Å². The maximum absolute atomic E-state index is 5.59. The van der Waals surface area contributed by atoms with Gasteiger partial charge in [-0.3, -0.25) is 0 Å². The monoisotopic (exact) mass is 273 g/mol. The molecule has 0 spiro atoms. The standard InChI is InChI=1S/C15H19N3O2/c1-2-6-13(7-3-1)19-11-14-17-15(20-18-14)9-8-12-5-4-10-16-12/h1-3,6-7,12,16H,4-5,8-11H2. The van der Waals surface area contributed by atoms with Crippen LogP contribution in [0.2, 0.25) is 0 Å². The summed E-state index contributed by atoms with van der Waals surface area (Å²) in [5, 5.41) is 7.41. The minimum atomic E-state index is 0.342. The maximum Gasteiger partial charge on any atom is 0.226 e. The fourth-order valence-electron chi connectivity index (χ4n) is 2.42. The Morgan fingerprint density at radius 1 is 1.30 bits per heavy atom. The first-order valence-electron chi connectivity index (χ1n) is 7.13. The Balaban J connectivity index is 1.46. The zero-order valence-corrected chi connectivity index (χ0v) is 11.4. The molecule has 0 amide bonds. The second-order valence-electron chi connectivity index (χ2n) is 5.04. The molecule has 1 aliphatic heterocycles. The number of hydrogen-bond acceptors (Lipinski definition) is 5. The van der Waals surface area contributed by atoms with E-state index in [9.17, 15) is 0 Å². The molecule has 5 nitrogen and oxygen atoms in total. The number of nitrogens with one attached hydrogen (secondary N) is 1. The van der Waals surface area contributed by atoms with Crippen molar-refractivity contribution in [3.05, 3.63) is 42.0 Å². The van der Waals surface area contributed by atoms with Crippen molar-refractivity contribution in [2.24, 2.45) is 0 Å². The van der Waals surface area contributed by atoms with E-state index in [-0.39, 0.29) is 0 Å². The van der Waals surface area contributed by atoms with E-state index < -0.39 is 0 Å². The van der Waals surface area contributed by atoms with E-state index >= 15 is 0 Å². The molecule has 0 bridgehead atoms. The maximum atomic E-state index is 5.59. The zero-order valence-electron chi connectivity index (χ0n) is 11.4. The summed E-state index contributed by atoms with van der Waals surface area (Å²) < 4.78 is 10.8. The van der Waals surface area contributed by atoms with Gasteiger partial charge < -0.3 is 14.6 Å². The van der Waals surface area contributed by atoms with Gasteiger partial charge in [0.25, 0.3) is 0 Å². The van der Waals surface area contributed by atoms with Crippen molar-refractivity contribution >= 4 is 0 Å². The van der Waals surface area contributed by atoms with Gasteiger partial charge >= 0.3 is 0 Å². The Morgan fingerprint density at radius 3 is 3.00 bits per heavy atom. The molecule has 20 heavy (non-hydrogen) atoms. The van der Waals surface area contributed by atoms with E-state index in [1.54, 1.807) is 0 Å². The fraction of sp³-hybridized carbons (Fsp3) is 0.467. The van der Waals surface area contributed by atoms with Crippen molar-refractivity contribution in [1.82, 2.24) is 15.5 Å². The number of ether oxygens (including phenoxy) is 1. The van der Waals surface area contributed by atoms with Crippen LogP contribution < -0.4 is 10.1 Å². The highest BCUT2D eigenvalue weighted by Crippen LogP contribution is 2.13. The number of aromatic nitrogens is 2. The third-order valence-electron chi connectivity index (χ3n) is 3.49. The Morgan fingerprint density at radius 2 is 2.20 bits per heavy atom. The van der Waals surface area contributed by atoms with Crippen LogP contribution in [0, 0.1) is 0 Å². The predicted molar refractivity (Wildman–Crippen MR) is 74.4 cm³/mol. The van der Waals surface area contributed by atoms with Crippen molar-refractivity contribution in [3.63, 3.8) is 0 Å². The second kappa shape index (κ2) is 6.52. The molecule has 0 saturated carbocycles. The number of rotatable bonds is 6. The Kier molecular flexibility index (Phi) is 4.28. The summed E-state index contributed by atoms with van der Waals surface area (Å²) in [7, 11) is 0. The van der Waals surface area contributed by atoms with Gasteiger partial charge in [-0.1, -0.05) is 23.4 Å².